The maximum atomic E-state index is 13.0. The molecule has 0 fully saturated rings. The zero-order valence-corrected chi connectivity index (χ0v) is 16.9. The molecule has 3 aromatic carbocycles. The highest BCUT2D eigenvalue weighted by Gasteiger charge is 2.29. The zero-order valence-electron chi connectivity index (χ0n) is 16.1. The first-order valence-electron chi connectivity index (χ1n) is 9.48. The lowest BCUT2D eigenvalue weighted by Gasteiger charge is -2.25. The highest BCUT2D eigenvalue weighted by Crippen LogP contribution is 2.35. The van der Waals surface area contributed by atoms with Crippen LogP contribution in [0.2, 0.25) is 0 Å². The fourth-order valence-electron chi connectivity index (χ4n) is 3.78. The third-order valence-electron chi connectivity index (χ3n) is 5.33. The van der Waals surface area contributed by atoms with Crippen LogP contribution in [-0.2, 0) is 16.4 Å². The van der Waals surface area contributed by atoms with Gasteiger partial charge in [0.15, 0.2) is 0 Å². The molecule has 1 N–H and O–H groups in total. The number of carbonyl (C=O) groups excluding carboxylic acids is 1. The first-order chi connectivity index (χ1) is 14.0. The Hall–Kier alpha value is -3.12. The van der Waals surface area contributed by atoms with Crippen LogP contribution in [-0.4, -0.2) is 26.3 Å². The van der Waals surface area contributed by atoms with E-state index in [0.717, 1.165) is 12.8 Å². The number of sulfonamides is 1. The third kappa shape index (κ3) is 3.89. The fraction of sp³-hybridized carbons (Fsp3) is 0.174. The van der Waals surface area contributed by atoms with Crippen molar-refractivity contribution in [2.75, 3.05) is 11.8 Å². The summed E-state index contributed by atoms with van der Waals surface area (Å²) < 4.78 is 27.7. The van der Waals surface area contributed by atoms with Crippen molar-refractivity contribution in [2.24, 2.45) is 0 Å². The molecule has 1 unspecified atom stereocenters. The van der Waals surface area contributed by atoms with E-state index in [1.165, 1.54) is 23.3 Å². The van der Waals surface area contributed by atoms with Gasteiger partial charge in [0.25, 0.3) is 15.9 Å². The topological polar surface area (TPSA) is 66.5 Å². The Morgan fingerprint density at radius 3 is 2.31 bits per heavy atom. The van der Waals surface area contributed by atoms with Crippen LogP contribution in [0.4, 0.5) is 5.69 Å². The van der Waals surface area contributed by atoms with Crippen molar-refractivity contribution in [1.82, 2.24) is 4.90 Å². The van der Waals surface area contributed by atoms with Crippen LogP contribution in [0.15, 0.2) is 83.8 Å². The van der Waals surface area contributed by atoms with E-state index in [0.29, 0.717) is 11.3 Å². The predicted molar refractivity (Wildman–Crippen MR) is 113 cm³/mol. The van der Waals surface area contributed by atoms with Crippen LogP contribution in [0.25, 0.3) is 0 Å². The van der Waals surface area contributed by atoms with Gasteiger partial charge in [0, 0.05) is 18.3 Å². The van der Waals surface area contributed by atoms with Gasteiger partial charge in [-0.2, -0.15) is 0 Å². The van der Waals surface area contributed by atoms with Crippen molar-refractivity contribution in [2.45, 2.75) is 23.8 Å². The van der Waals surface area contributed by atoms with Gasteiger partial charge in [0.05, 0.1) is 10.9 Å². The van der Waals surface area contributed by atoms with Crippen LogP contribution in [0, 0.1) is 0 Å². The fourth-order valence-corrected chi connectivity index (χ4v) is 4.84. The molecule has 0 radical (unpaired) electrons. The normalized spacial score (nSPS) is 15.6. The van der Waals surface area contributed by atoms with Gasteiger partial charge >= 0.3 is 0 Å². The molecule has 0 saturated carbocycles. The number of anilines is 1. The second-order valence-corrected chi connectivity index (χ2v) is 8.85. The molecule has 0 aromatic heterocycles. The van der Waals surface area contributed by atoms with Crippen LogP contribution >= 0.6 is 0 Å². The van der Waals surface area contributed by atoms with Gasteiger partial charge in [-0.1, -0.05) is 42.5 Å². The van der Waals surface area contributed by atoms with Crippen molar-refractivity contribution in [3.63, 3.8) is 0 Å². The molecule has 1 amide bonds. The van der Waals surface area contributed by atoms with Crippen LogP contribution in [0.5, 0.6) is 0 Å². The molecule has 0 spiro atoms. The van der Waals surface area contributed by atoms with Gasteiger partial charge in [0.2, 0.25) is 0 Å². The minimum atomic E-state index is -3.71. The molecule has 0 bridgehead atoms. The molecule has 1 aliphatic rings. The van der Waals surface area contributed by atoms with Crippen molar-refractivity contribution in [3.8, 4) is 0 Å². The molecule has 0 heterocycles. The van der Waals surface area contributed by atoms with Crippen LogP contribution < -0.4 is 4.72 Å². The molecule has 0 saturated heterocycles. The van der Waals surface area contributed by atoms with Crippen molar-refractivity contribution in [3.05, 3.63) is 95.6 Å². The van der Waals surface area contributed by atoms with E-state index in [4.69, 9.17) is 0 Å². The highest BCUT2D eigenvalue weighted by atomic mass is 32.2. The Labute approximate surface area is 171 Å². The molecule has 0 aliphatic heterocycles. The second-order valence-electron chi connectivity index (χ2n) is 7.17. The summed E-state index contributed by atoms with van der Waals surface area (Å²) in [6.45, 7) is 0. The summed E-state index contributed by atoms with van der Waals surface area (Å²) in [6, 6.07) is 23.0. The van der Waals surface area contributed by atoms with Gasteiger partial charge in [-0.15, -0.1) is 0 Å². The van der Waals surface area contributed by atoms with E-state index >= 15 is 0 Å². The monoisotopic (exact) mass is 406 g/mol. The largest absolute Gasteiger partial charge is 0.335 e. The van der Waals surface area contributed by atoms with E-state index in [1.54, 1.807) is 48.3 Å². The highest BCUT2D eigenvalue weighted by molar-refractivity contribution is 7.92. The summed E-state index contributed by atoms with van der Waals surface area (Å²) in [5, 5.41) is 0. The van der Waals surface area contributed by atoms with Gasteiger partial charge in [-0.25, -0.2) is 8.42 Å². The number of amides is 1. The molecule has 3 aromatic rings. The summed E-state index contributed by atoms with van der Waals surface area (Å²) in [7, 11) is -1.90. The Balaban J connectivity index is 1.51. The molecular weight excluding hydrogens is 384 g/mol. The molecule has 29 heavy (non-hydrogen) atoms. The lowest BCUT2D eigenvalue weighted by atomic mass is 10.1. The Bertz CT molecular complexity index is 1130. The summed E-state index contributed by atoms with van der Waals surface area (Å²) in [5.41, 5.74) is 3.43. The van der Waals surface area contributed by atoms with Crippen LogP contribution in [0.3, 0.4) is 0 Å². The van der Waals surface area contributed by atoms with Gasteiger partial charge in [-0.05, 0) is 60.4 Å². The van der Waals surface area contributed by atoms with Crippen LogP contribution in [0.1, 0.15) is 33.9 Å². The average molecular weight is 407 g/mol. The van der Waals surface area contributed by atoms with Gasteiger partial charge in [-0.3, -0.25) is 9.52 Å². The number of hydrogen-bond donors (Lipinski definition) is 1. The predicted octanol–water partition coefficient (Wildman–Crippen LogP) is 4.25. The number of fused-ring (bicyclic) bond motifs is 1. The summed E-state index contributed by atoms with van der Waals surface area (Å²) in [5.74, 6) is -0.119. The van der Waals surface area contributed by atoms with Crippen molar-refractivity contribution >= 4 is 21.6 Å². The molecule has 4 rings (SSSR count). The van der Waals surface area contributed by atoms with Crippen molar-refractivity contribution < 1.29 is 13.2 Å². The minimum absolute atomic E-state index is 0.0434. The van der Waals surface area contributed by atoms with E-state index < -0.39 is 10.0 Å². The van der Waals surface area contributed by atoms with E-state index in [9.17, 15) is 13.2 Å². The molecular formula is C23H22N2O3S. The van der Waals surface area contributed by atoms with E-state index in [2.05, 4.69) is 16.9 Å². The van der Waals surface area contributed by atoms with Gasteiger partial charge in [0.1, 0.15) is 0 Å². The number of carbonyl (C=O) groups is 1. The molecule has 6 heteroatoms. The van der Waals surface area contributed by atoms with Crippen molar-refractivity contribution in [1.29, 1.82) is 0 Å². The Morgan fingerprint density at radius 2 is 1.59 bits per heavy atom. The first-order valence-corrected chi connectivity index (χ1v) is 11.0. The van der Waals surface area contributed by atoms with E-state index in [1.807, 2.05) is 18.2 Å². The first kappa shape index (κ1) is 19.2. The van der Waals surface area contributed by atoms with Gasteiger partial charge < -0.3 is 4.90 Å². The smallest absolute Gasteiger partial charge is 0.261 e. The zero-order chi connectivity index (χ0) is 20.4. The molecule has 148 valence electrons. The number of hydrogen-bond acceptors (Lipinski definition) is 3. The molecule has 1 atom stereocenters. The number of para-hydroxylation sites is 1. The summed E-state index contributed by atoms with van der Waals surface area (Å²) in [4.78, 5) is 14.8. The second kappa shape index (κ2) is 7.72. The Morgan fingerprint density at radius 1 is 0.931 bits per heavy atom. The Kier molecular flexibility index (Phi) is 5.11. The molecule has 5 nitrogen and oxygen atoms in total. The number of aryl methyl sites for hydroxylation is 1. The SMILES string of the molecule is CN(C(=O)c1ccc(S(=O)(=O)Nc2ccccc2)cc1)C1CCc2ccccc21. The summed E-state index contributed by atoms with van der Waals surface area (Å²) >= 11 is 0. The number of nitrogens with zero attached hydrogens (tertiary/aromatic N) is 1. The maximum absolute atomic E-state index is 13.0. The average Bonchev–Trinajstić information content (AvgIpc) is 3.17. The minimum Gasteiger partial charge on any atom is -0.335 e. The quantitative estimate of drug-likeness (QED) is 0.689. The lowest BCUT2D eigenvalue weighted by Crippen LogP contribution is -2.30. The number of benzene rings is 3. The number of nitrogens with one attached hydrogen (secondary N) is 1. The molecule has 1 aliphatic carbocycles. The summed E-state index contributed by atoms with van der Waals surface area (Å²) in [6.07, 6.45) is 1.86. The standard InChI is InChI=1S/C23H22N2O3S/c1-25(22-16-13-17-7-5-6-10-21(17)22)23(26)18-11-14-20(15-12-18)29(27,28)24-19-8-3-2-4-9-19/h2-12,14-15,22,24H,13,16H2,1H3. The lowest BCUT2D eigenvalue weighted by molar-refractivity contribution is 0.0730. The van der Waals surface area contributed by atoms with E-state index in [-0.39, 0.29) is 16.8 Å². The maximum Gasteiger partial charge on any atom is 0.261 e. The third-order valence-corrected chi connectivity index (χ3v) is 6.72. The number of rotatable bonds is 5.